The molecule has 1 N–H and O–H groups in total. The molecule has 1 heterocycles. The van der Waals surface area contributed by atoms with Crippen LogP contribution in [0, 0.1) is 0 Å². The predicted molar refractivity (Wildman–Crippen MR) is 98.6 cm³/mol. The highest BCUT2D eigenvalue weighted by Crippen LogP contribution is 2.42. The molecule has 1 aliphatic carbocycles. The maximum absolute atomic E-state index is 12.7. The molecule has 1 unspecified atom stereocenters. The summed E-state index contributed by atoms with van der Waals surface area (Å²) in [4.78, 5) is 25.4. The Bertz CT molecular complexity index is 802. The van der Waals surface area contributed by atoms with Gasteiger partial charge in [0.05, 0.1) is 12.7 Å². The Kier molecular flexibility index (Phi) is 5.26. The first kappa shape index (κ1) is 18.0. The van der Waals surface area contributed by atoms with E-state index in [-0.39, 0.29) is 12.4 Å². The standard InChI is InChI=1S/C21H23NO4/c1-4-12-26-21(24)18-13(2)22-16-6-5-7-17(23)20(16)19(18)14-8-10-15(25-3)11-9-14/h4,8-11,19,22H,1,5-7,12H2,2-3H3. The fraction of sp³-hybridized carbons (Fsp3) is 0.333. The number of carbonyl (C=O) groups excluding carboxylic acids is 2. The van der Waals surface area contributed by atoms with Gasteiger partial charge in [0.25, 0.3) is 0 Å². The molecule has 0 saturated heterocycles. The van der Waals surface area contributed by atoms with Gasteiger partial charge in [-0.3, -0.25) is 4.79 Å². The summed E-state index contributed by atoms with van der Waals surface area (Å²) in [6.07, 6.45) is 3.66. The molecule has 26 heavy (non-hydrogen) atoms. The molecule has 0 bridgehead atoms. The summed E-state index contributed by atoms with van der Waals surface area (Å²) in [5, 5.41) is 3.27. The van der Waals surface area contributed by atoms with Crippen LogP contribution in [0.25, 0.3) is 0 Å². The lowest BCUT2D eigenvalue weighted by molar-refractivity contribution is -0.138. The van der Waals surface area contributed by atoms with Crippen molar-refractivity contribution in [2.24, 2.45) is 0 Å². The number of allylic oxidation sites excluding steroid dienone is 3. The van der Waals surface area contributed by atoms with Gasteiger partial charge in [0.1, 0.15) is 12.4 Å². The number of hydrogen-bond acceptors (Lipinski definition) is 5. The van der Waals surface area contributed by atoms with Crippen LogP contribution in [0.3, 0.4) is 0 Å². The molecule has 1 aromatic rings. The van der Waals surface area contributed by atoms with Gasteiger partial charge in [0, 0.05) is 29.3 Å². The van der Waals surface area contributed by atoms with E-state index in [2.05, 4.69) is 11.9 Å². The van der Waals surface area contributed by atoms with E-state index in [0.29, 0.717) is 17.6 Å². The lowest BCUT2D eigenvalue weighted by atomic mass is 9.75. The number of methoxy groups -OCH3 is 1. The highest BCUT2D eigenvalue weighted by molar-refractivity contribution is 6.03. The number of Topliss-reactive ketones (excluding diaryl/α,β-unsaturated/α-hetero) is 1. The summed E-state index contributed by atoms with van der Waals surface area (Å²) in [5.74, 6) is -0.0488. The van der Waals surface area contributed by atoms with Crippen LogP contribution in [-0.4, -0.2) is 25.5 Å². The highest BCUT2D eigenvalue weighted by Gasteiger charge is 2.38. The maximum atomic E-state index is 12.7. The lowest BCUT2D eigenvalue weighted by Gasteiger charge is -2.34. The summed E-state index contributed by atoms with van der Waals surface area (Å²) in [5.41, 5.74) is 3.68. The van der Waals surface area contributed by atoms with Crippen LogP contribution in [0.4, 0.5) is 0 Å². The minimum atomic E-state index is -0.430. The molecule has 136 valence electrons. The summed E-state index contributed by atoms with van der Waals surface area (Å²) >= 11 is 0. The second kappa shape index (κ2) is 7.60. The lowest BCUT2D eigenvalue weighted by Crippen LogP contribution is -2.34. The fourth-order valence-electron chi connectivity index (χ4n) is 3.60. The topological polar surface area (TPSA) is 64.6 Å². The van der Waals surface area contributed by atoms with Crippen LogP contribution in [0.15, 0.2) is 59.5 Å². The van der Waals surface area contributed by atoms with E-state index in [9.17, 15) is 9.59 Å². The highest BCUT2D eigenvalue weighted by atomic mass is 16.5. The number of ether oxygens (including phenoxy) is 2. The zero-order chi connectivity index (χ0) is 18.7. The number of carbonyl (C=O) groups is 2. The number of esters is 1. The molecule has 0 saturated carbocycles. The molecule has 1 aliphatic heterocycles. The van der Waals surface area contributed by atoms with Gasteiger partial charge in [0.2, 0.25) is 0 Å². The quantitative estimate of drug-likeness (QED) is 0.649. The minimum absolute atomic E-state index is 0.0843. The molecule has 0 fully saturated rings. The Morgan fingerprint density at radius 3 is 2.69 bits per heavy atom. The number of benzene rings is 1. The number of ketones is 1. The molecule has 1 aromatic carbocycles. The summed E-state index contributed by atoms with van der Waals surface area (Å²) in [7, 11) is 1.60. The first-order chi connectivity index (χ1) is 12.6. The van der Waals surface area contributed by atoms with E-state index in [1.807, 2.05) is 31.2 Å². The van der Waals surface area contributed by atoms with Crippen molar-refractivity contribution < 1.29 is 19.1 Å². The molecule has 2 aliphatic rings. The van der Waals surface area contributed by atoms with E-state index in [4.69, 9.17) is 9.47 Å². The van der Waals surface area contributed by atoms with Gasteiger partial charge >= 0.3 is 5.97 Å². The third kappa shape index (κ3) is 3.29. The Morgan fingerprint density at radius 2 is 2.04 bits per heavy atom. The largest absolute Gasteiger partial charge is 0.497 e. The number of dihydropyridines is 1. The average molecular weight is 353 g/mol. The Hall–Kier alpha value is -2.82. The Morgan fingerprint density at radius 1 is 1.31 bits per heavy atom. The zero-order valence-corrected chi connectivity index (χ0v) is 15.1. The number of nitrogens with one attached hydrogen (secondary N) is 1. The van der Waals surface area contributed by atoms with Gasteiger partial charge in [-0.1, -0.05) is 24.8 Å². The van der Waals surface area contributed by atoms with Crippen LogP contribution < -0.4 is 10.1 Å². The summed E-state index contributed by atoms with van der Waals surface area (Å²) in [6.45, 7) is 5.57. The molecule has 5 heteroatoms. The van der Waals surface area contributed by atoms with Crippen molar-refractivity contribution in [3.63, 3.8) is 0 Å². The molecular weight excluding hydrogens is 330 g/mol. The zero-order valence-electron chi connectivity index (χ0n) is 15.1. The summed E-state index contributed by atoms with van der Waals surface area (Å²) in [6, 6.07) is 7.48. The normalized spacial score (nSPS) is 19.6. The van der Waals surface area contributed by atoms with Gasteiger partial charge in [-0.25, -0.2) is 4.79 Å². The second-order valence-corrected chi connectivity index (χ2v) is 6.43. The summed E-state index contributed by atoms with van der Waals surface area (Å²) < 4.78 is 10.5. The van der Waals surface area contributed by atoms with Crippen molar-refractivity contribution in [3.05, 3.63) is 65.0 Å². The molecule has 0 spiro atoms. The van der Waals surface area contributed by atoms with Crippen LogP contribution in [0.2, 0.25) is 0 Å². The Balaban J connectivity index is 2.10. The van der Waals surface area contributed by atoms with Gasteiger partial charge in [0.15, 0.2) is 5.78 Å². The maximum Gasteiger partial charge on any atom is 0.337 e. The third-order valence-electron chi connectivity index (χ3n) is 4.78. The van der Waals surface area contributed by atoms with Crippen molar-refractivity contribution in [2.45, 2.75) is 32.1 Å². The van der Waals surface area contributed by atoms with E-state index in [0.717, 1.165) is 35.5 Å². The fourth-order valence-corrected chi connectivity index (χ4v) is 3.60. The molecule has 1 atom stereocenters. The molecule has 0 aromatic heterocycles. The smallest absolute Gasteiger partial charge is 0.337 e. The van der Waals surface area contributed by atoms with E-state index >= 15 is 0 Å². The van der Waals surface area contributed by atoms with Crippen molar-refractivity contribution in [3.8, 4) is 5.75 Å². The van der Waals surface area contributed by atoms with Crippen molar-refractivity contribution in [2.75, 3.05) is 13.7 Å². The minimum Gasteiger partial charge on any atom is -0.497 e. The average Bonchev–Trinajstić information content (AvgIpc) is 2.65. The SMILES string of the molecule is C=CCOC(=O)C1=C(C)NC2=C(C(=O)CCC2)C1c1ccc(OC)cc1. The Labute approximate surface area is 153 Å². The second-order valence-electron chi connectivity index (χ2n) is 6.43. The number of rotatable bonds is 5. The first-order valence-corrected chi connectivity index (χ1v) is 8.72. The molecular formula is C21H23NO4. The molecule has 0 amide bonds. The first-order valence-electron chi connectivity index (χ1n) is 8.72. The monoisotopic (exact) mass is 353 g/mol. The van der Waals surface area contributed by atoms with Crippen LogP contribution in [-0.2, 0) is 14.3 Å². The van der Waals surface area contributed by atoms with Crippen molar-refractivity contribution >= 4 is 11.8 Å². The molecule has 5 nitrogen and oxygen atoms in total. The van der Waals surface area contributed by atoms with E-state index in [1.54, 1.807) is 7.11 Å². The molecule has 3 rings (SSSR count). The third-order valence-corrected chi connectivity index (χ3v) is 4.78. The van der Waals surface area contributed by atoms with Gasteiger partial charge in [-0.05, 0) is 37.5 Å². The van der Waals surface area contributed by atoms with Crippen molar-refractivity contribution in [1.82, 2.24) is 5.32 Å². The van der Waals surface area contributed by atoms with Crippen LogP contribution in [0.5, 0.6) is 5.75 Å². The van der Waals surface area contributed by atoms with Crippen molar-refractivity contribution in [1.29, 1.82) is 0 Å². The van der Waals surface area contributed by atoms with E-state index in [1.165, 1.54) is 6.08 Å². The predicted octanol–water partition coefficient (Wildman–Crippen LogP) is 3.39. The van der Waals surface area contributed by atoms with Gasteiger partial charge in [-0.15, -0.1) is 0 Å². The molecule has 0 radical (unpaired) electrons. The van der Waals surface area contributed by atoms with E-state index < -0.39 is 11.9 Å². The van der Waals surface area contributed by atoms with Crippen LogP contribution >= 0.6 is 0 Å². The number of hydrogen-bond donors (Lipinski definition) is 1. The van der Waals surface area contributed by atoms with Crippen LogP contribution in [0.1, 0.15) is 37.7 Å². The van der Waals surface area contributed by atoms with Gasteiger partial charge in [-0.2, -0.15) is 0 Å². The van der Waals surface area contributed by atoms with Gasteiger partial charge < -0.3 is 14.8 Å².